The van der Waals surface area contributed by atoms with Crippen LogP contribution in [0.25, 0.3) is 0 Å². The first-order chi connectivity index (χ1) is 7.81. The lowest BCUT2D eigenvalue weighted by Gasteiger charge is -2.35. The molecule has 0 bridgehead atoms. The molecule has 0 unspecified atom stereocenters. The third kappa shape index (κ3) is 2.67. The smallest absolute Gasteiger partial charge is 0.191 e. The van der Waals surface area contributed by atoms with E-state index >= 15 is 0 Å². The van der Waals surface area contributed by atoms with Gasteiger partial charge in [-0.15, -0.1) is 0 Å². The van der Waals surface area contributed by atoms with E-state index in [2.05, 4.69) is 14.8 Å². The van der Waals surface area contributed by atoms with E-state index in [1.807, 2.05) is 0 Å². The molecule has 90 valence electrons. The van der Waals surface area contributed by atoms with E-state index in [4.69, 9.17) is 5.73 Å². The Morgan fingerprint density at radius 2 is 1.75 bits per heavy atom. The number of hydrogen-bond donors (Lipinski definition) is 1. The quantitative estimate of drug-likeness (QED) is 0.558. The Bertz CT molecular complexity index is 273. The van der Waals surface area contributed by atoms with Crippen LogP contribution in [0.1, 0.15) is 25.7 Å². The molecule has 4 nitrogen and oxygen atoms in total. The highest BCUT2D eigenvalue weighted by Crippen LogP contribution is 2.30. The molecular weight excluding hydrogens is 200 g/mol. The second kappa shape index (κ2) is 4.24. The van der Waals surface area contributed by atoms with Crippen LogP contribution < -0.4 is 5.73 Å². The highest BCUT2D eigenvalue weighted by molar-refractivity contribution is 5.78. The van der Waals surface area contributed by atoms with Gasteiger partial charge in [0.25, 0.3) is 0 Å². The summed E-state index contributed by atoms with van der Waals surface area (Å²) in [5, 5.41) is 0. The Labute approximate surface area is 97.5 Å². The van der Waals surface area contributed by atoms with E-state index in [9.17, 15) is 0 Å². The monoisotopic (exact) mass is 222 g/mol. The zero-order valence-corrected chi connectivity index (χ0v) is 9.94. The van der Waals surface area contributed by atoms with Gasteiger partial charge in [0, 0.05) is 32.7 Å². The molecule has 16 heavy (non-hydrogen) atoms. The van der Waals surface area contributed by atoms with E-state index in [-0.39, 0.29) is 0 Å². The van der Waals surface area contributed by atoms with Crippen LogP contribution in [-0.2, 0) is 0 Å². The Kier molecular flexibility index (Phi) is 2.75. The molecule has 3 fully saturated rings. The van der Waals surface area contributed by atoms with Gasteiger partial charge in [0.05, 0.1) is 6.04 Å². The molecule has 0 radical (unpaired) electrons. The predicted octanol–water partition coefficient (Wildman–Crippen LogP) is 0.491. The number of nitrogens with zero attached hydrogens (tertiary/aromatic N) is 3. The summed E-state index contributed by atoms with van der Waals surface area (Å²) >= 11 is 0. The zero-order valence-electron chi connectivity index (χ0n) is 9.94. The fraction of sp³-hybridized carbons (Fsp3) is 0.917. The summed E-state index contributed by atoms with van der Waals surface area (Å²) < 4.78 is 0. The Hall–Kier alpha value is -0.770. The molecule has 0 aromatic carbocycles. The zero-order chi connectivity index (χ0) is 11.0. The average Bonchev–Trinajstić information content (AvgIpc) is 3.14. The van der Waals surface area contributed by atoms with Gasteiger partial charge in [-0.05, 0) is 31.6 Å². The van der Waals surface area contributed by atoms with Gasteiger partial charge in [-0.2, -0.15) is 0 Å². The van der Waals surface area contributed by atoms with Crippen LogP contribution >= 0.6 is 0 Å². The first kappa shape index (κ1) is 10.4. The molecular formula is C12H22N4. The normalized spacial score (nSPS) is 28.5. The second-order valence-corrected chi connectivity index (χ2v) is 5.45. The van der Waals surface area contributed by atoms with Crippen molar-refractivity contribution in [3.05, 3.63) is 0 Å². The summed E-state index contributed by atoms with van der Waals surface area (Å²) in [5.74, 6) is 1.79. The SMILES string of the molecule is NC(=NC1CC1)N1CCN(CC2CC2)CC1. The minimum absolute atomic E-state index is 0.546. The van der Waals surface area contributed by atoms with Crippen molar-refractivity contribution < 1.29 is 0 Å². The minimum Gasteiger partial charge on any atom is -0.370 e. The van der Waals surface area contributed by atoms with Gasteiger partial charge in [-0.3, -0.25) is 4.90 Å². The Morgan fingerprint density at radius 1 is 1.06 bits per heavy atom. The first-order valence-electron chi connectivity index (χ1n) is 6.62. The fourth-order valence-electron chi connectivity index (χ4n) is 2.30. The van der Waals surface area contributed by atoms with Crippen LogP contribution in [0.3, 0.4) is 0 Å². The van der Waals surface area contributed by atoms with E-state index in [0.717, 1.165) is 38.1 Å². The van der Waals surface area contributed by atoms with Crippen LogP contribution in [0.4, 0.5) is 0 Å². The summed E-state index contributed by atoms with van der Waals surface area (Å²) in [4.78, 5) is 9.35. The van der Waals surface area contributed by atoms with Crippen molar-refractivity contribution in [1.29, 1.82) is 0 Å². The molecule has 0 aromatic rings. The molecule has 1 heterocycles. The highest BCUT2D eigenvalue weighted by atomic mass is 15.3. The molecule has 0 aromatic heterocycles. The van der Waals surface area contributed by atoms with Crippen molar-refractivity contribution >= 4 is 5.96 Å². The third-order valence-corrected chi connectivity index (χ3v) is 3.77. The van der Waals surface area contributed by atoms with Gasteiger partial charge < -0.3 is 10.6 Å². The predicted molar refractivity (Wildman–Crippen MR) is 65.4 cm³/mol. The van der Waals surface area contributed by atoms with E-state index in [0.29, 0.717) is 6.04 Å². The van der Waals surface area contributed by atoms with Gasteiger partial charge in [-0.1, -0.05) is 0 Å². The number of nitrogens with two attached hydrogens (primary N) is 1. The number of hydrogen-bond acceptors (Lipinski definition) is 2. The van der Waals surface area contributed by atoms with Gasteiger partial charge in [0.15, 0.2) is 5.96 Å². The molecule has 4 heteroatoms. The van der Waals surface area contributed by atoms with Crippen molar-refractivity contribution in [2.75, 3.05) is 32.7 Å². The lowest BCUT2D eigenvalue weighted by Crippen LogP contribution is -2.51. The Morgan fingerprint density at radius 3 is 2.31 bits per heavy atom. The maximum absolute atomic E-state index is 6.01. The molecule has 1 saturated heterocycles. The van der Waals surface area contributed by atoms with Crippen LogP contribution in [0.15, 0.2) is 4.99 Å². The number of guanidine groups is 1. The first-order valence-corrected chi connectivity index (χ1v) is 6.62. The molecule has 1 aliphatic heterocycles. The van der Waals surface area contributed by atoms with Crippen LogP contribution in [-0.4, -0.2) is 54.5 Å². The average molecular weight is 222 g/mol. The lowest BCUT2D eigenvalue weighted by atomic mass is 10.3. The summed E-state index contributed by atoms with van der Waals surface area (Å²) in [6, 6.07) is 0.546. The summed E-state index contributed by atoms with van der Waals surface area (Å²) in [5.41, 5.74) is 6.01. The molecule has 3 rings (SSSR count). The fourth-order valence-corrected chi connectivity index (χ4v) is 2.30. The topological polar surface area (TPSA) is 44.9 Å². The third-order valence-electron chi connectivity index (χ3n) is 3.77. The van der Waals surface area contributed by atoms with Crippen LogP contribution in [0, 0.1) is 5.92 Å². The van der Waals surface area contributed by atoms with Gasteiger partial charge in [-0.25, -0.2) is 4.99 Å². The summed E-state index contributed by atoms with van der Waals surface area (Å²) in [6.45, 7) is 5.77. The number of rotatable bonds is 3. The van der Waals surface area contributed by atoms with Crippen molar-refractivity contribution in [3.8, 4) is 0 Å². The summed E-state index contributed by atoms with van der Waals surface area (Å²) in [7, 11) is 0. The van der Waals surface area contributed by atoms with Crippen LogP contribution in [0.2, 0.25) is 0 Å². The van der Waals surface area contributed by atoms with Crippen LogP contribution in [0.5, 0.6) is 0 Å². The van der Waals surface area contributed by atoms with Crippen molar-refractivity contribution in [3.63, 3.8) is 0 Å². The van der Waals surface area contributed by atoms with E-state index in [1.54, 1.807) is 0 Å². The maximum Gasteiger partial charge on any atom is 0.191 e. The molecule has 0 atom stereocenters. The van der Waals surface area contributed by atoms with Crippen molar-refractivity contribution in [1.82, 2.24) is 9.80 Å². The molecule has 0 amide bonds. The van der Waals surface area contributed by atoms with Gasteiger partial charge >= 0.3 is 0 Å². The van der Waals surface area contributed by atoms with E-state index in [1.165, 1.54) is 32.2 Å². The highest BCUT2D eigenvalue weighted by Gasteiger charge is 2.27. The number of piperazine rings is 1. The molecule has 2 N–H and O–H groups in total. The second-order valence-electron chi connectivity index (χ2n) is 5.45. The number of aliphatic imine (C=N–C) groups is 1. The van der Waals surface area contributed by atoms with E-state index < -0.39 is 0 Å². The standard InChI is InChI=1S/C12H22N4/c13-12(14-11-3-4-11)16-7-5-15(6-8-16)9-10-1-2-10/h10-11H,1-9H2,(H2,13,14). The van der Waals surface area contributed by atoms with Gasteiger partial charge in [0.1, 0.15) is 0 Å². The molecule has 2 aliphatic carbocycles. The molecule has 3 aliphatic rings. The van der Waals surface area contributed by atoms with Crippen molar-refractivity contribution in [2.45, 2.75) is 31.7 Å². The lowest BCUT2D eigenvalue weighted by molar-refractivity contribution is 0.175. The largest absolute Gasteiger partial charge is 0.370 e. The maximum atomic E-state index is 6.01. The molecule has 2 saturated carbocycles. The minimum atomic E-state index is 0.546. The Balaban J connectivity index is 1.45. The summed E-state index contributed by atoms with van der Waals surface area (Å²) in [6.07, 6.45) is 5.38. The van der Waals surface area contributed by atoms with Gasteiger partial charge in [0.2, 0.25) is 0 Å². The molecule has 0 spiro atoms. The van der Waals surface area contributed by atoms with Crippen molar-refractivity contribution in [2.24, 2.45) is 16.6 Å².